The third-order valence-corrected chi connectivity index (χ3v) is 8.89. The maximum atomic E-state index is 13.9. The largest absolute Gasteiger partial charge is 0.391 e. The molecule has 0 bridgehead atoms. The molecule has 4 atom stereocenters. The van der Waals surface area contributed by atoms with E-state index in [0.717, 1.165) is 28.2 Å². The fraction of sp³-hybridized carbons (Fsp3) is 0.576. The number of hydrogen-bond acceptors (Lipinski definition) is 11. The maximum Gasteiger partial charge on any atom is 0.243 e. The van der Waals surface area contributed by atoms with Gasteiger partial charge >= 0.3 is 0 Å². The molecule has 2 amide bonds. The van der Waals surface area contributed by atoms with E-state index in [1.54, 1.807) is 24.3 Å². The van der Waals surface area contributed by atoms with E-state index in [1.165, 1.54) is 4.90 Å². The number of aromatic nitrogens is 2. The second-order valence-corrected chi connectivity index (χ2v) is 12.7. The predicted octanol–water partition coefficient (Wildman–Crippen LogP) is 3.24. The highest BCUT2D eigenvalue weighted by atomic mass is 32.1. The van der Waals surface area contributed by atoms with Crippen LogP contribution in [0.3, 0.4) is 0 Å². The monoisotopic (exact) mass is 657 g/mol. The number of ether oxygens (including phenoxy) is 3. The van der Waals surface area contributed by atoms with Gasteiger partial charge in [0.1, 0.15) is 17.7 Å². The van der Waals surface area contributed by atoms with Crippen LogP contribution in [0.2, 0.25) is 0 Å². The van der Waals surface area contributed by atoms with E-state index in [4.69, 9.17) is 18.7 Å². The lowest BCUT2D eigenvalue weighted by molar-refractivity contribution is -0.141. The number of carbonyl (C=O) groups is 2. The number of β-amino-alcohol motifs (C(OH)–C–C–N with tert-alkyl or cyclic N) is 1. The summed E-state index contributed by atoms with van der Waals surface area (Å²) in [5.41, 5.74) is 5.35. The molecule has 0 saturated carbocycles. The van der Waals surface area contributed by atoms with Gasteiger partial charge in [-0.1, -0.05) is 43.3 Å². The molecular weight excluding hydrogens is 610 g/mol. The summed E-state index contributed by atoms with van der Waals surface area (Å²) in [7, 11) is 1.87. The molecule has 2 aromatic heterocycles. The summed E-state index contributed by atoms with van der Waals surface area (Å²) in [6, 6.07) is 8.35. The number of aliphatic hydroxyl groups is 1. The van der Waals surface area contributed by atoms with E-state index in [0.29, 0.717) is 44.5 Å². The number of nitrogens with zero attached hydrogens (tertiary/aromatic N) is 3. The number of thiazole rings is 1. The number of likely N-dealkylation sites (N-methyl/N-ethyl adjacent to an activating group) is 1. The molecule has 0 aliphatic carbocycles. The lowest BCUT2D eigenvalue weighted by atomic mass is 9.91. The molecule has 0 spiro atoms. The number of benzene rings is 1. The van der Waals surface area contributed by atoms with Crippen molar-refractivity contribution in [3.63, 3.8) is 0 Å². The molecule has 1 aliphatic rings. The first-order valence-corrected chi connectivity index (χ1v) is 16.7. The van der Waals surface area contributed by atoms with Crippen LogP contribution < -0.4 is 10.6 Å². The molecule has 1 aromatic carbocycles. The van der Waals surface area contributed by atoms with Crippen LogP contribution in [-0.2, 0) is 23.8 Å². The minimum atomic E-state index is -0.847. The standard InChI is InChI=1S/C33H47N5O7S/c1-21(2)30(29-16-22(3)37-45-29)33(41)38-18-26(39)17-28(38)32(40)36-27(19-44-15-14-43-13-12-42-11-10-34-5)24-6-8-25(9-7-24)31-23(4)35-20-46-31/h6-9,16,20-21,26-28,30,34,39H,10-15,17-19H2,1-5H3,(H,36,40)/t26-,27+,28+,30+/m1/s1. The van der Waals surface area contributed by atoms with E-state index in [-0.39, 0.29) is 37.3 Å². The Morgan fingerprint density at radius 2 is 1.78 bits per heavy atom. The Hall–Kier alpha value is -3.20. The molecule has 3 aromatic rings. The molecule has 12 nitrogen and oxygen atoms in total. The molecule has 3 N–H and O–H groups in total. The zero-order valence-corrected chi connectivity index (χ0v) is 28.2. The summed E-state index contributed by atoms with van der Waals surface area (Å²) in [5, 5.41) is 20.7. The summed E-state index contributed by atoms with van der Waals surface area (Å²) in [4.78, 5) is 34.6. The summed E-state index contributed by atoms with van der Waals surface area (Å²) >= 11 is 1.58. The number of nitrogens with one attached hydrogen (secondary N) is 2. The van der Waals surface area contributed by atoms with Crippen LogP contribution >= 0.6 is 11.3 Å². The molecule has 1 fully saturated rings. The van der Waals surface area contributed by atoms with Gasteiger partial charge in [0.15, 0.2) is 0 Å². The third kappa shape index (κ3) is 9.66. The smallest absolute Gasteiger partial charge is 0.243 e. The average Bonchev–Trinajstić information content (AvgIpc) is 3.77. The molecular formula is C33H47N5O7S. The molecule has 0 radical (unpaired) electrons. The van der Waals surface area contributed by atoms with Gasteiger partial charge in [-0.2, -0.15) is 0 Å². The molecule has 0 unspecified atom stereocenters. The van der Waals surface area contributed by atoms with Gasteiger partial charge in [0, 0.05) is 25.6 Å². The number of carbonyl (C=O) groups excluding carboxylic acids is 2. The molecule has 1 saturated heterocycles. The minimum absolute atomic E-state index is 0.0628. The molecule has 46 heavy (non-hydrogen) atoms. The lowest BCUT2D eigenvalue weighted by Crippen LogP contribution is -2.49. The second-order valence-electron chi connectivity index (χ2n) is 11.8. The van der Waals surface area contributed by atoms with E-state index in [1.807, 2.05) is 57.6 Å². The van der Waals surface area contributed by atoms with Crippen LogP contribution in [-0.4, -0.2) is 104 Å². The van der Waals surface area contributed by atoms with Crippen molar-refractivity contribution in [2.75, 3.05) is 59.8 Å². The normalized spacial score (nSPS) is 17.8. The topological polar surface area (TPSA) is 148 Å². The predicted molar refractivity (Wildman–Crippen MR) is 174 cm³/mol. The van der Waals surface area contributed by atoms with Gasteiger partial charge < -0.3 is 39.4 Å². The van der Waals surface area contributed by atoms with Gasteiger partial charge in [0.05, 0.1) is 73.6 Å². The van der Waals surface area contributed by atoms with Crippen molar-refractivity contribution in [1.29, 1.82) is 0 Å². The maximum absolute atomic E-state index is 13.9. The Balaban J connectivity index is 1.44. The average molecular weight is 658 g/mol. The van der Waals surface area contributed by atoms with Gasteiger partial charge in [-0.05, 0) is 37.9 Å². The van der Waals surface area contributed by atoms with Crippen molar-refractivity contribution in [2.24, 2.45) is 5.92 Å². The van der Waals surface area contributed by atoms with Crippen LogP contribution in [0.5, 0.6) is 0 Å². The number of amides is 2. The zero-order chi connectivity index (χ0) is 33.1. The van der Waals surface area contributed by atoms with Crippen LogP contribution in [0.25, 0.3) is 10.4 Å². The lowest BCUT2D eigenvalue weighted by Gasteiger charge is -2.30. The van der Waals surface area contributed by atoms with Gasteiger partial charge in [-0.25, -0.2) is 4.98 Å². The van der Waals surface area contributed by atoms with Crippen molar-refractivity contribution in [1.82, 2.24) is 25.7 Å². The number of rotatable bonds is 18. The van der Waals surface area contributed by atoms with Crippen LogP contribution in [0, 0.1) is 19.8 Å². The van der Waals surface area contributed by atoms with Crippen molar-refractivity contribution in [2.45, 2.75) is 58.2 Å². The number of aryl methyl sites for hydroxylation is 2. The molecule has 4 rings (SSSR count). The van der Waals surface area contributed by atoms with Crippen molar-refractivity contribution < 1.29 is 33.4 Å². The summed E-state index contributed by atoms with van der Waals surface area (Å²) in [5.74, 6) is -0.908. The van der Waals surface area contributed by atoms with Gasteiger partial charge in [-0.3, -0.25) is 9.59 Å². The fourth-order valence-electron chi connectivity index (χ4n) is 5.50. The van der Waals surface area contributed by atoms with Gasteiger partial charge in [-0.15, -0.1) is 11.3 Å². The molecule has 3 heterocycles. The first-order valence-electron chi connectivity index (χ1n) is 15.8. The number of hydrogen-bond donors (Lipinski definition) is 3. The Morgan fingerprint density at radius 1 is 1.09 bits per heavy atom. The van der Waals surface area contributed by atoms with E-state index < -0.39 is 24.1 Å². The zero-order valence-electron chi connectivity index (χ0n) is 27.4. The SMILES string of the molecule is CNCCOCCOCCOC[C@H](NC(=O)[C@@H]1C[C@@H](O)CN1C(=O)[C@H](c1cc(C)no1)C(C)C)c1ccc(-c2scnc2C)cc1. The second kappa shape index (κ2) is 17.6. The van der Waals surface area contributed by atoms with Crippen molar-refractivity contribution in [3.05, 3.63) is 58.6 Å². The number of likely N-dealkylation sites (tertiary alicyclic amines) is 1. The Labute approximate surface area is 274 Å². The Bertz CT molecular complexity index is 1380. The van der Waals surface area contributed by atoms with Gasteiger partial charge in [0.25, 0.3) is 0 Å². The van der Waals surface area contributed by atoms with Crippen molar-refractivity contribution >= 4 is 23.2 Å². The quantitative estimate of drug-likeness (QED) is 0.174. The highest BCUT2D eigenvalue weighted by molar-refractivity contribution is 7.13. The van der Waals surface area contributed by atoms with Crippen LogP contribution in [0.15, 0.2) is 40.4 Å². The Kier molecular flexibility index (Phi) is 13.7. The van der Waals surface area contributed by atoms with E-state index in [2.05, 4.69) is 20.8 Å². The Morgan fingerprint density at radius 3 is 2.39 bits per heavy atom. The highest BCUT2D eigenvalue weighted by Gasteiger charge is 2.43. The van der Waals surface area contributed by atoms with Crippen LogP contribution in [0.1, 0.15) is 54.9 Å². The molecule has 1 aliphatic heterocycles. The van der Waals surface area contributed by atoms with Gasteiger partial charge in [0.2, 0.25) is 11.8 Å². The first kappa shape index (κ1) is 35.7. The summed E-state index contributed by atoms with van der Waals surface area (Å²) in [6.45, 7) is 11.0. The third-order valence-electron chi connectivity index (χ3n) is 7.91. The minimum Gasteiger partial charge on any atom is -0.391 e. The molecule has 252 valence electrons. The highest BCUT2D eigenvalue weighted by Crippen LogP contribution is 2.32. The number of aliphatic hydroxyl groups excluding tert-OH is 1. The van der Waals surface area contributed by atoms with E-state index in [9.17, 15) is 14.7 Å². The van der Waals surface area contributed by atoms with Crippen molar-refractivity contribution in [3.8, 4) is 10.4 Å². The summed E-state index contributed by atoms with van der Waals surface area (Å²) in [6.07, 6.45) is -0.681. The fourth-order valence-corrected chi connectivity index (χ4v) is 6.31. The van der Waals surface area contributed by atoms with Crippen LogP contribution in [0.4, 0.5) is 0 Å². The first-order chi connectivity index (χ1) is 22.2. The molecule has 13 heteroatoms. The van der Waals surface area contributed by atoms with E-state index >= 15 is 0 Å². The summed E-state index contributed by atoms with van der Waals surface area (Å²) < 4.78 is 22.5.